The summed E-state index contributed by atoms with van der Waals surface area (Å²) in [5.74, 6) is 2.19. The molecule has 2 saturated heterocycles. The van der Waals surface area contributed by atoms with Gasteiger partial charge in [-0.2, -0.15) is 0 Å². The highest BCUT2D eigenvalue weighted by molar-refractivity contribution is 5.86. The number of rotatable bonds is 3. The van der Waals surface area contributed by atoms with Gasteiger partial charge in [0.2, 0.25) is 5.91 Å². The molecule has 9 heteroatoms. The van der Waals surface area contributed by atoms with E-state index in [0.29, 0.717) is 5.92 Å². The number of hydrogen-bond donors (Lipinski definition) is 1. The lowest BCUT2D eigenvalue weighted by molar-refractivity contribution is -0.136. The van der Waals surface area contributed by atoms with Crippen molar-refractivity contribution >= 4 is 36.5 Å². The molecule has 2 aliphatic heterocycles. The number of aryl methyl sites for hydroxylation is 1. The van der Waals surface area contributed by atoms with E-state index in [1.54, 1.807) is 13.8 Å². The number of carbonyl (C=O) groups is 1. The Morgan fingerprint density at radius 3 is 2.30 bits per heavy atom. The minimum Gasteiger partial charge on any atom is -0.378 e. The van der Waals surface area contributed by atoms with E-state index < -0.39 is 5.54 Å². The highest BCUT2D eigenvalue weighted by Gasteiger charge is 2.31. The second kappa shape index (κ2) is 9.87. The normalized spacial score (nSPS) is 18.5. The third-order valence-electron chi connectivity index (χ3n) is 4.93. The third kappa shape index (κ3) is 5.91. The fourth-order valence-electron chi connectivity index (χ4n) is 3.52. The largest absolute Gasteiger partial charge is 0.378 e. The minimum absolute atomic E-state index is 0. The molecule has 7 nitrogen and oxygen atoms in total. The number of anilines is 1. The van der Waals surface area contributed by atoms with Gasteiger partial charge in [-0.05, 0) is 33.6 Å². The Balaban J connectivity index is 0.00000182. The molecule has 0 saturated carbocycles. The number of halogens is 2. The highest BCUT2D eigenvalue weighted by Crippen LogP contribution is 2.29. The monoisotopic (exact) mass is 419 g/mol. The number of aromatic nitrogens is 2. The summed E-state index contributed by atoms with van der Waals surface area (Å²) in [5.41, 5.74) is 6.24. The van der Waals surface area contributed by atoms with Gasteiger partial charge in [0.25, 0.3) is 0 Å². The van der Waals surface area contributed by atoms with Crippen LogP contribution in [0.2, 0.25) is 0 Å². The second-order valence-electron chi connectivity index (χ2n) is 7.59. The molecule has 3 heterocycles. The summed E-state index contributed by atoms with van der Waals surface area (Å²) < 4.78 is 5.43. The SMILES string of the molecule is Cc1nc(C2CCN(C(=O)C(C)(C)N)CC2)cc(N2CCOCC2)n1.Cl.Cl. The Labute approximate surface area is 173 Å². The number of amides is 1. The number of hydrogen-bond acceptors (Lipinski definition) is 6. The Morgan fingerprint density at radius 1 is 1.15 bits per heavy atom. The summed E-state index contributed by atoms with van der Waals surface area (Å²) in [6.07, 6.45) is 1.83. The number of carbonyl (C=O) groups excluding carboxylic acids is 1. The van der Waals surface area contributed by atoms with Gasteiger partial charge in [-0.25, -0.2) is 9.97 Å². The quantitative estimate of drug-likeness (QED) is 0.804. The van der Waals surface area contributed by atoms with Crippen molar-refractivity contribution in [3.05, 3.63) is 17.6 Å². The molecule has 3 rings (SSSR count). The number of likely N-dealkylation sites (tertiary alicyclic amines) is 1. The lowest BCUT2D eigenvalue weighted by Gasteiger charge is -2.35. The van der Waals surface area contributed by atoms with Crippen LogP contribution < -0.4 is 10.6 Å². The molecule has 0 unspecified atom stereocenters. The van der Waals surface area contributed by atoms with Crippen LogP contribution in [-0.4, -0.2) is 65.7 Å². The van der Waals surface area contributed by atoms with E-state index in [2.05, 4.69) is 20.9 Å². The molecule has 1 amide bonds. The van der Waals surface area contributed by atoms with Crippen LogP contribution >= 0.6 is 24.8 Å². The van der Waals surface area contributed by atoms with Crippen molar-refractivity contribution in [3.8, 4) is 0 Å². The number of piperidine rings is 1. The molecule has 0 spiro atoms. The molecule has 0 bridgehead atoms. The summed E-state index contributed by atoms with van der Waals surface area (Å²) in [7, 11) is 0. The first-order chi connectivity index (χ1) is 11.8. The molecule has 2 fully saturated rings. The van der Waals surface area contributed by atoms with E-state index in [4.69, 9.17) is 10.5 Å². The van der Waals surface area contributed by atoms with Crippen LogP contribution in [0.5, 0.6) is 0 Å². The van der Waals surface area contributed by atoms with E-state index in [0.717, 1.165) is 69.6 Å². The fraction of sp³-hybridized carbons (Fsp3) is 0.722. The van der Waals surface area contributed by atoms with Crippen molar-refractivity contribution in [2.45, 2.75) is 45.1 Å². The molecule has 1 aromatic heterocycles. The summed E-state index contributed by atoms with van der Waals surface area (Å²) in [6.45, 7) is 10.2. The zero-order chi connectivity index (χ0) is 18.0. The molecule has 0 aromatic carbocycles. The topological polar surface area (TPSA) is 84.6 Å². The van der Waals surface area contributed by atoms with E-state index in [1.807, 2.05) is 11.8 Å². The molecule has 2 aliphatic rings. The van der Waals surface area contributed by atoms with Crippen LogP contribution in [-0.2, 0) is 9.53 Å². The number of morpholine rings is 1. The summed E-state index contributed by atoms with van der Waals surface area (Å²) in [6, 6.07) is 2.12. The Morgan fingerprint density at radius 2 is 1.74 bits per heavy atom. The van der Waals surface area contributed by atoms with Gasteiger partial charge in [0, 0.05) is 43.9 Å². The lowest BCUT2D eigenvalue weighted by Crippen LogP contribution is -2.53. The van der Waals surface area contributed by atoms with Crippen LogP contribution in [0.3, 0.4) is 0 Å². The van der Waals surface area contributed by atoms with Gasteiger partial charge in [0.1, 0.15) is 11.6 Å². The van der Waals surface area contributed by atoms with Crippen LogP contribution in [0.1, 0.15) is 44.1 Å². The zero-order valence-corrected chi connectivity index (χ0v) is 17.9. The van der Waals surface area contributed by atoms with Crippen LogP contribution in [0.25, 0.3) is 0 Å². The Kier molecular flexibility index (Phi) is 8.73. The smallest absolute Gasteiger partial charge is 0.242 e. The van der Waals surface area contributed by atoms with Crippen molar-refractivity contribution in [2.75, 3.05) is 44.3 Å². The first kappa shape index (κ1) is 23.9. The van der Waals surface area contributed by atoms with E-state index in [-0.39, 0.29) is 30.7 Å². The summed E-state index contributed by atoms with van der Waals surface area (Å²) in [5, 5.41) is 0. The zero-order valence-electron chi connectivity index (χ0n) is 16.3. The predicted molar refractivity (Wildman–Crippen MR) is 111 cm³/mol. The second-order valence-corrected chi connectivity index (χ2v) is 7.59. The van der Waals surface area contributed by atoms with Crippen molar-refractivity contribution in [1.29, 1.82) is 0 Å². The Hall–Kier alpha value is -1.15. The van der Waals surface area contributed by atoms with Gasteiger partial charge < -0.3 is 20.3 Å². The predicted octanol–water partition coefficient (Wildman–Crippen LogP) is 1.91. The molecule has 0 aliphatic carbocycles. The van der Waals surface area contributed by atoms with E-state index in [1.165, 1.54) is 0 Å². The standard InChI is InChI=1S/C18H29N5O2.2ClH/c1-13-20-15(12-16(21-13)22-8-10-25-11-9-22)14-4-6-23(7-5-14)17(24)18(2,3)19;;/h12,14H,4-11,19H2,1-3H3;2*1H. The number of nitrogens with two attached hydrogens (primary N) is 1. The van der Waals surface area contributed by atoms with Gasteiger partial charge in [-0.3, -0.25) is 4.79 Å². The fourth-order valence-corrected chi connectivity index (χ4v) is 3.52. The van der Waals surface area contributed by atoms with Crippen molar-refractivity contribution in [1.82, 2.24) is 14.9 Å². The molecule has 27 heavy (non-hydrogen) atoms. The van der Waals surface area contributed by atoms with Crippen molar-refractivity contribution in [2.24, 2.45) is 5.73 Å². The Bertz CT molecular complexity index is 625. The lowest BCUT2D eigenvalue weighted by atomic mass is 9.92. The molecule has 1 aromatic rings. The maximum atomic E-state index is 12.3. The van der Waals surface area contributed by atoms with Crippen molar-refractivity contribution < 1.29 is 9.53 Å². The molecule has 0 atom stereocenters. The van der Waals surface area contributed by atoms with Crippen molar-refractivity contribution in [3.63, 3.8) is 0 Å². The number of ether oxygens (including phenoxy) is 1. The maximum absolute atomic E-state index is 12.3. The van der Waals surface area contributed by atoms with Gasteiger partial charge in [0.05, 0.1) is 18.8 Å². The van der Waals surface area contributed by atoms with Crippen LogP contribution in [0, 0.1) is 6.92 Å². The van der Waals surface area contributed by atoms with Gasteiger partial charge in [-0.15, -0.1) is 24.8 Å². The summed E-state index contributed by atoms with van der Waals surface area (Å²) >= 11 is 0. The van der Waals surface area contributed by atoms with E-state index >= 15 is 0 Å². The number of nitrogens with zero attached hydrogens (tertiary/aromatic N) is 4. The summed E-state index contributed by atoms with van der Waals surface area (Å²) in [4.78, 5) is 25.8. The first-order valence-electron chi connectivity index (χ1n) is 9.11. The highest BCUT2D eigenvalue weighted by atomic mass is 35.5. The maximum Gasteiger partial charge on any atom is 0.242 e. The van der Waals surface area contributed by atoms with Gasteiger partial charge in [0.15, 0.2) is 0 Å². The van der Waals surface area contributed by atoms with Crippen LogP contribution in [0.4, 0.5) is 5.82 Å². The minimum atomic E-state index is -0.804. The molecule has 2 N–H and O–H groups in total. The average Bonchev–Trinajstić information content (AvgIpc) is 2.61. The first-order valence-corrected chi connectivity index (χ1v) is 9.11. The average molecular weight is 420 g/mol. The van der Waals surface area contributed by atoms with Gasteiger partial charge >= 0.3 is 0 Å². The third-order valence-corrected chi connectivity index (χ3v) is 4.93. The molecule has 0 radical (unpaired) electrons. The molecule has 154 valence electrons. The van der Waals surface area contributed by atoms with Gasteiger partial charge in [-0.1, -0.05) is 0 Å². The van der Waals surface area contributed by atoms with E-state index in [9.17, 15) is 4.79 Å². The molecular weight excluding hydrogens is 389 g/mol. The van der Waals surface area contributed by atoms with Crippen LogP contribution in [0.15, 0.2) is 6.07 Å². The molecular formula is C18H31Cl2N5O2.